The highest BCUT2D eigenvalue weighted by molar-refractivity contribution is 9.10. The molecule has 0 bridgehead atoms. The van der Waals surface area contributed by atoms with Gasteiger partial charge in [-0.1, -0.05) is 0 Å². The number of hydrogen-bond donors (Lipinski definition) is 0. The van der Waals surface area contributed by atoms with Gasteiger partial charge in [0.1, 0.15) is 11.8 Å². The maximum atomic E-state index is 12.3. The van der Waals surface area contributed by atoms with E-state index in [-0.39, 0.29) is 15.7 Å². The molecule has 0 amide bonds. The first-order valence-electron chi connectivity index (χ1n) is 3.41. The van der Waals surface area contributed by atoms with Crippen LogP contribution in [0.1, 0.15) is 23.2 Å². The molecule has 0 unspecified atom stereocenters. The van der Waals surface area contributed by atoms with Gasteiger partial charge in [0, 0.05) is 16.2 Å². The third kappa shape index (κ3) is 1.83. The van der Waals surface area contributed by atoms with Crippen LogP contribution in [0, 0.1) is 18.3 Å². The van der Waals surface area contributed by atoms with Crippen molar-refractivity contribution in [3.05, 3.63) is 27.5 Å². The molecule has 1 aromatic heterocycles. The Labute approximate surface area is 82.3 Å². The Bertz CT molecular complexity index is 371. The standard InChI is InChI=1S/C8H5BrF2N2/c1-4-6(2-12)13-3-5(7(4)9)8(10)11/h3,8H,1H3. The molecule has 2 nitrogen and oxygen atoms in total. The Morgan fingerprint density at radius 3 is 2.69 bits per heavy atom. The number of nitrogens with zero attached hydrogens (tertiary/aromatic N) is 2. The number of pyridine rings is 1. The SMILES string of the molecule is Cc1c(C#N)ncc(C(F)F)c1Br. The second kappa shape index (κ2) is 3.79. The molecular formula is C8H5BrF2N2. The lowest BCUT2D eigenvalue weighted by Gasteiger charge is -2.05. The molecule has 0 N–H and O–H groups in total. The summed E-state index contributed by atoms with van der Waals surface area (Å²) in [5, 5.41) is 8.55. The largest absolute Gasteiger partial charge is 0.266 e. The smallest absolute Gasteiger partial charge is 0.245 e. The van der Waals surface area contributed by atoms with Gasteiger partial charge in [-0.25, -0.2) is 13.8 Å². The van der Waals surface area contributed by atoms with Crippen molar-refractivity contribution in [3.8, 4) is 6.07 Å². The molecule has 1 rings (SSSR count). The Morgan fingerprint density at radius 2 is 2.23 bits per heavy atom. The first-order valence-corrected chi connectivity index (χ1v) is 4.20. The van der Waals surface area contributed by atoms with Crippen LogP contribution in [-0.2, 0) is 0 Å². The van der Waals surface area contributed by atoms with E-state index in [1.165, 1.54) is 0 Å². The first-order chi connectivity index (χ1) is 6.07. The van der Waals surface area contributed by atoms with Gasteiger partial charge in [-0.15, -0.1) is 0 Å². The number of alkyl halides is 2. The molecule has 13 heavy (non-hydrogen) atoms. The van der Waals surface area contributed by atoms with Crippen LogP contribution in [0.25, 0.3) is 0 Å². The lowest BCUT2D eigenvalue weighted by molar-refractivity contribution is 0.150. The zero-order chi connectivity index (χ0) is 10.0. The summed E-state index contributed by atoms with van der Waals surface area (Å²) in [6.45, 7) is 1.57. The van der Waals surface area contributed by atoms with Gasteiger partial charge in [-0.05, 0) is 22.9 Å². The molecule has 0 spiro atoms. The van der Waals surface area contributed by atoms with Crippen LogP contribution in [0.15, 0.2) is 10.7 Å². The van der Waals surface area contributed by atoms with E-state index >= 15 is 0 Å². The van der Waals surface area contributed by atoms with E-state index < -0.39 is 6.43 Å². The Hall–Kier alpha value is -1.02. The summed E-state index contributed by atoms with van der Waals surface area (Å²) in [4.78, 5) is 3.61. The van der Waals surface area contributed by atoms with Gasteiger partial charge in [0.15, 0.2) is 0 Å². The van der Waals surface area contributed by atoms with Crippen molar-refractivity contribution >= 4 is 15.9 Å². The van der Waals surface area contributed by atoms with E-state index in [1.54, 1.807) is 6.92 Å². The fourth-order valence-electron chi connectivity index (χ4n) is 0.873. The van der Waals surface area contributed by atoms with Crippen molar-refractivity contribution in [2.75, 3.05) is 0 Å². The molecule has 0 aromatic carbocycles. The first kappa shape index (κ1) is 10.1. The molecule has 0 saturated carbocycles. The Kier molecular flexibility index (Phi) is 2.94. The van der Waals surface area contributed by atoms with E-state index in [1.807, 2.05) is 6.07 Å². The van der Waals surface area contributed by atoms with Crippen LogP contribution < -0.4 is 0 Å². The zero-order valence-corrected chi connectivity index (χ0v) is 8.27. The van der Waals surface area contributed by atoms with Gasteiger partial charge in [-0.3, -0.25) is 0 Å². The number of aromatic nitrogens is 1. The topological polar surface area (TPSA) is 36.7 Å². The molecule has 0 saturated heterocycles. The van der Waals surface area contributed by atoms with Crippen molar-refractivity contribution in [2.24, 2.45) is 0 Å². The molecule has 0 atom stereocenters. The van der Waals surface area contributed by atoms with E-state index in [0.29, 0.717) is 5.56 Å². The molecule has 0 radical (unpaired) electrons. The molecule has 5 heteroatoms. The predicted octanol–water partition coefficient (Wildman–Crippen LogP) is 2.96. The summed E-state index contributed by atoms with van der Waals surface area (Å²) < 4.78 is 24.8. The molecule has 0 aliphatic rings. The average Bonchev–Trinajstić information content (AvgIpc) is 2.09. The van der Waals surface area contributed by atoms with Gasteiger partial charge in [0.25, 0.3) is 6.43 Å². The molecule has 1 heterocycles. The van der Waals surface area contributed by atoms with E-state index in [4.69, 9.17) is 5.26 Å². The summed E-state index contributed by atoms with van der Waals surface area (Å²) in [7, 11) is 0. The Balaban J connectivity index is 3.33. The number of halogens is 3. The molecule has 0 aliphatic carbocycles. The van der Waals surface area contributed by atoms with Crippen molar-refractivity contribution in [1.29, 1.82) is 5.26 Å². The number of rotatable bonds is 1. The third-order valence-electron chi connectivity index (χ3n) is 1.61. The van der Waals surface area contributed by atoms with Crippen LogP contribution in [0.2, 0.25) is 0 Å². The lowest BCUT2D eigenvalue weighted by atomic mass is 10.1. The summed E-state index contributed by atoms with van der Waals surface area (Å²) in [6.07, 6.45) is -1.56. The predicted molar refractivity (Wildman–Crippen MR) is 46.3 cm³/mol. The highest BCUT2D eigenvalue weighted by Crippen LogP contribution is 2.29. The fourth-order valence-corrected chi connectivity index (χ4v) is 1.34. The minimum absolute atomic E-state index is 0.163. The highest BCUT2D eigenvalue weighted by Gasteiger charge is 2.15. The highest BCUT2D eigenvalue weighted by atomic mass is 79.9. The molecule has 0 fully saturated rings. The molecule has 1 aromatic rings. The summed E-state index contributed by atoms with van der Waals surface area (Å²) >= 11 is 3.00. The average molecular weight is 247 g/mol. The molecular weight excluding hydrogens is 242 g/mol. The van der Waals surface area contributed by atoms with Gasteiger partial charge < -0.3 is 0 Å². The van der Waals surface area contributed by atoms with Crippen LogP contribution in [0.3, 0.4) is 0 Å². The Morgan fingerprint density at radius 1 is 1.62 bits per heavy atom. The monoisotopic (exact) mass is 246 g/mol. The van der Waals surface area contributed by atoms with Crippen molar-refractivity contribution in [3.63, 3.8) is 0 Å². The minimum Gasteiger partial charge on any atom is -0.245 e. The van der Waals surface area contributed by atoms with Crippen molar-refractivity contribution < 1.29 is 8.78 Å². The van der Waals surface area contributed by atoms with Crippen LogP contribution >= 0.6 is 15.9 Å². The van der Waals surface area contributed by atoms with Crippen LogP contribution in [0.4, 0.5) is 8.78 Å². The fraction of sp³-hybridized carbons (Fsp3) is 0.250. The van der Waals surface area contributed by atoms with Crippen LogP contribution in [-0.4, -0.2) is 4.98 Å². The van der Waals surface area contributed by atoms with E-state index in [9.17, 15) is 8.78 Å². The maximum Gasteiger partial charge on any atom is 0.266 e. The summed E-state index contributed by atoms with van der Waals surface area (Å²) in [6, 6.07) is 1.82. The van der Waals surface area contributed by atoms with Gasteiger partial charge in [0.05, 0.1) is 5.56 Å². The van der Waals surface area contributed by atoms with Crippen molar-refractivity contribution in [2.45, 2.75) is 13.3 Å². The maximum absolute atomic E-state index is 12.3. The molecule has 68 valence electrons. The normalized spacial score (nSPS) is 10.2. The second-order valence-corrected chi connectivity index (χ2v) is 3.21. The van der Waals surface area contributed by atoms with Crippen LogP contribution in [0.5, 0.6) is 0 Å². The number of hydrogen-bond acceptors (Lipinski definition) is 2. The molecule has 0 aliphatic heterocycles. The quantitative estimate of drug-likeness (QED) is 0.764. The zero-order valence-electron chi connectivity index (χ0n) is 6.68. The second-order valence-electron chi connectivity index (χ2n) is 2.41. The lowest BCUT2D eigenvalue weighted by Crippen LogP contribution is -1.95. The van der Waals surface area contributed by atoms with Gasteiger partial charge in [-0.2, -0.15) is 5.26 Å². The third-order valence-corrected chi connectivity index (χ3v) is 2.66. The van der Waals surface area contributed by atoms with E-state index in [2.05, 4.69) is 20.9 Å². The summed E-state index contributed by atoms with van der Waals surface area (Å²) in [5.41, 5.74) is 0.424. The summed E-state index contributed by atoms with van der Waals surface area (Å²) in [5.74, 6) is 0. The van der Waals surface area contributed by atoms with E-state index in [0.717, 1.165) is 6.20 Å². The van der Waals surface area contributed by atoms with Crippen molar-refractivity contribution in [1.82, 2.24) is 4.98 Å². The minimum atomic E-state index is -2.58. The number of nitriles is 1. The van der Waals surface area contributed by atoms with Gasteiger partial charge in [0.2, 0.25) is 0 Å². The van der Waals surface area contributed by atoms with Gasteiger partial charge >= 0.3 is 0 Å².